The normalized spacial score (nSPS) is 24.3. The smallest absolute Gasteiger partial charge is 0.325 e. The average molecular weight is 357 g/mol. The molecule has 1 unspecified atom stereocenters. The molecule has 0 spiro atoms. The first-order chi connectivity index (χ1) is 12.4. The van der Waals surface area contributed by atoms with Gasteiger partial charge in [0, 0.05) is 13.1 Å². The molecule has 1 aliphatic heterocycles. The van der Waals surface area contributed by atoms with Crippen LogP contribution < -0.4 is 5.32 Å². The number of carbonyl (C=O) groups is 3. The second kappa shape index (κ2) is 7.48. The van der Waals surface area contributed by atoms with Gasteiger partial charge in [-0.3, -0.25) is 14.5 Å². The number of nitrogens with one attached hydrogen (secondary N) is 1. The molecule has 1 saturated carbocycles. The van der Waals surface area contributed by atoms with Gasteiger partial charge in [0.2, 0.25) is 5.91 Å². The zero-order valence-corrected chi connectivity index (χ0v) is 15.5. The van der Waals surface area contributed by atoms with Crippen molar-refractivity contribution in [3.63, 3.8) is 0 Å². The van der Waals surface area contributed by atoms with Crippen LogP contribution in [0.2, 0.25) is 0 Å². The molecule has 6 nitrogen and oxygen atoms in total. The van der Waals surface area contributed by atoms with E-state index in [1.165, 1.54) is 12.8 Å². The highest BCUT2D eigenvalue weighted by molar-refractivity contribution is 6.09. The Kier molecular flexibility index (Phi) is 5.30. The maximum Gasteiger partial charge on any atom is 0.325 e. The number of rotatable bonds is 4. The molecule has 1 saturated heterocycles. The van der Waals surface area contributed by atoms with Crippen molar-refractivity contribution in [1.82, 2.24) is 15.1 Å². The average Bonchev–Trinajstić information content (AvgIpc) is 2.85. The summed E-state index contributed by atoms with van der Waals surface area (Å²) < 4.78 is 0. The second-order valence-corrected chi connectivity index (χ2v) is 7.46. The Morgan fingerprint density at radius 2 is 1.77 bits per heavy atom. The zero-order chi connectivity index (χ0) is 18.7. The van der Waals surface area contributed by atoms with Crippen LogP contribution >= 0.6 is 0 Å². The Balaban J connectivity index is 1.70. The number of imide groups is 1. The maximum atomic E-state index is 12.9. The largest absolute Gasteiger partial charge is 0.341 e. The minimum atomic E-state index is -1.13. The summed E-state index contributed by atoms with van der Waals surface area (Å²) in [5.74, 6) is -0.561. The minimum Gasteiger partial charge on any atom is -0.341 e. The van der Waals surface area contributed by atoms with Gasteiger partial charge in [-0.25, -0.2) is 4.79 Å². The van der Waals surface area contributed by atoms with Crippen LogP contribution in [0.15, 0.2) is 30.3 Å². The van der Waals surface area contributed by atoms with Crippen molar-refractivity contribution in [1.29, 1.82) is 0 Å². The first kappa shape index (κ1) is 18.4. The first-order valence-corrected chi connectivity index (χ1v) is 9.39. The molecule has 4 amide bonds. The fourth-order valence-electron chi connectivity index (χ4n) is 3.90. The van der Waals surface area contributed by atoms with Crippen LogP contribution in [0.4, 0.5) is 4.79 Å². The molecular formula is C20H27N3O3. The van der Waals surface area contributed by atoms with Crippen molar-refractivity contribution in [2.75, 3.05) is 13.6 Å². The van der Waals surface area contributed by atoms with Crippen LogP contribution in [0, 0.1) is 0 Å². The van der Waals surface area contributed by atoms with Gasteiger partial charge in [0.1, 0.15) is 12.1 Å². The van der Waals surface area contributed by atoms with E-state index in [1.807, 2.05) is 18.2 Å². The Morgan fingerprint density at radius 1 is 1.15 bits per heavy atom. The SMILES string of the molecule is CN(C(=O)CN1C(=O)NC(C)(c2ccccc2)C1=O)C1CCCCCC1. The van der Waals surface area contributed by atoms with Crippen molar-refractivity contribution >= 4 is 17.8 Å². The molecule has 0 bridgehead atoms. The van der Waals surface area contributed by atoms with Gasteiger partial charge in [0.25, 0.3) is 5.91 Å². The Hall–Kier alpha value is -2.37. The lowest BCUT2D eigenvalue weighted by molar-refractivity contribution is -0.139. The van der Waals surface area contributed by atoms with Crippen LogP contribution in [0.25, 0.3) is 0 Å². The van der Waals surface area contributed by atoms with Crippen LogP contribution in [0.1, 0.15) is 51.0 Å². The van der Waals surface area contributed by atoms with Gasteiger partial charge in [0.05, 0.1) is 0 Å². The fourth-order valence-corrected chi connectivity index (χ4v) is 3.90. The highest BCUT2D eigenvalue weighted by atomic mass is 16.2. The monoisotopic (exact) mass is 357 g/mol. The van der Waals surface area contributed by atoms with Crippen molar-refractivity contribution in [3.05, 3.63) is 35.9 Å². The number of likely N-dealkylation sites (N-methyl/N-ethyl adjacent to an activating group) is 1. The van der Waals surface area contributed by atoms with E-state index in [2.05, 4.69) is 5.32 Å². The third-order valence-electron chi connectivity index (χ3n) is 5.69. The van der Waals surface area contributed by atoms with Crippen LogP contribution in [0.5, 0.6) is 0 Å². The summed E-state index contributed by atoms with van der Waals surface area (Å²) in [5.41, 5.74) is -0.412. The predicted octanol–water partition coefficient (Wildman–Crippen LogP) is 2.63. The summed E-state index contributed by atoms with van der Waals surface area (Å²) in [4.78, 5) is 40.8. The maximum absolute atomic E-state index is 12.9. The zero-order valence-electron chi connectivity index (χ0n) is 15.5. The first-order valence-electron chi connectivity index (χ1n) is 9.39. The van der Waals surface area contributed by atoms with Gasteiger partial charge in [-0.05, 0) is 25.3 Å². The molecule has 3 rings (SSSR count). The van der Waals surface area contributed by atoms with Crippen molar-refractivity contribution in [3.8, 4) is 0 Å². The van der Waals surface area contributed by atoms with E-state index in [0.29, 0.717) is 5.56 Å². The summed E-state index contributed by atoms with van der Waals surface area (Å²) in [7, 11) is 1.78. The van der Waals surface area contributed by atoms with Gasteiger partial charge in [0.15, 0.2) is 0 Å². The summed E-state index contributed by atoms with van der Waals surface area (Å²) in [6, 6.07) is 8.82. The minimum absolute atomic E-state index is 0.183. The summed E-state index contributed by atoms with van der Waals surface area (Å²) in [6.45, 7) is 1.47. The molecule has 0 radical (unpaired) electrons. The number of urea groups is 1. The lowest BCUT2D eigenvalue weighted by Crippen LogP contribution is -2.46. The number of hydrogen-bond donors (Lipinski definition) is 1. The second-order valence-electron chi connectivity index (χ2n) is 7.46. The summed E-state index contributed by atoms with van der Waals surface area (Å²) in [6.07, 6.45) is 6.64. The van der Waals surface area contributed by atoms with Gasteiger partial charge < -0.3 is 10.2 Å². The van der Waals surface area contributed by atoms with Crippen molar-refractivity contribution in [2.45, 2.75) is 57.0 Å². The quantitative estimate of drug-likeness (QED) is 0.665. The van der Waals surface area contributed by atoms with E-state index in [9.17, 15) is 14.4 Å². The molecule has 1 N–H and O–H groups in total. The molecule has 1 aliphatic carbocycles. The number of benzene rings is 1. The van der Waals surface area contributed by atoms with Crippen molar-refractivity contribution < 1.29 is 14.4 Å². The van der Waals surface area contributed by atoms with Gasteiger partial charge in [-0.15, -0.1) is 0 Å². The lowest BCUT2D eigenvalue weighted by atomic mass is 9.92. The molecule has 1 aromatic carbocycles. The Morgan fingerprint density at radius 3 is 2.38 bits per heavy atom. The Bertz CT molecular complexity index is 683. The topological polar surface area (TPSA) is 69.7 Å². The van der Waals surface area contributed by atoms with E-state index in [4.69, 9.17) is 0 Å². The van der Waals surface area contributed by atoms with Gasteiger partial charge in [-0.1, -0.05) is 56.0 Å². The molecule has 0 aromatic heterocycles. The highest BCUT2D eigenvalue weighted by Crippen LogP contribution is 2.29. The van der Waals surface area contributed by atoms with Crippen LogP contribution in [-0.2, 0) is 15.1 Å². The number of amides is 4. The number of hydrogen-bond acceptors (Lipinski definition) is 3. The molecule has 1 atom stereocenters. The van der Waals surface area contributed by atoms with E-state index >= 15 is 0 Å². The molecule has 6 heteroatoms. The lowest BCUT2D eigenvalue weighted by Gasteiger charge is -2.28. The third-order valence-corrected chi connectivity index (χ3v) is 5.69. The third kappa shape index (κ3) is 3.45. The van der Waals surface area contributed by atoms with Crippen LogP contribution in [-0.4, -0.2) is 47.3 Å². The number of carbonyl (C=O) groups excluding carboxylic acids is 3. The van der Waals surface area contributed by atoms with Gasteiger partial charge in [-0.2, -0.15) is 0 Å². The standard InChI is InChI=1S/C20H27N3O3/c1-20(15-10-6-5-7-11-15)18(25)23(19(26)21-20)14-17(24)22(2)16-12-8-3-4-9-13-16/h5-7,10-11,16H,3-4,8-9,12-14H2,1-2H3,(H,21,26). The highest BCUT2D eigenvalue weighted by Gasteiger charge is 2.49. The van der Waals surface area contributed by atoms with Crippen molar-refractivity contribution in [2.24, 2.45) is 0 Å². The molecular weight excluding hydrogens is 330 g/mol. The summed E-state index contributed by atoms with van der Waals surface area (Å²) in [5, 5.41) is 2.75. The van der Waals surface area contributed by atoms with Crippen LogP contribution in [0.3, 0.4) is 0 Å². The molecule has 2 fully saturated rings. The van der Waals surface area contributed by atoms with E-state index < -0.39 is 11.6 Å². The molecule has 140 valence electrons. The molecule has 1 heterocycles. The molecule has 26 heavy (non-hydrogen) atoms. The van der Waals surface area contributed by atoms with E-state index in [1.54, 1.807) is 31.0 Å². The fraction of sp³-hybridized carbons (Fsp3) is 0.550. The molecule has 1 aromatic rings. The molecule has 2 aliphatic rings. The summed E-state index contributed by atoms with van der Waals surface area (Å²) >= 11 is 0. The van der Waals surface area contributed by atoms with E-state index in [0.717, 1.165) is 30.6 Å². The Labute approximate surface area is 154 Å². The van der Waals surface area contributed by atoms with Gasteiger partial charge >= 0.3 is 6.03 Å². The number of nitrogens with zero attached hydrogens (tertiary/aromatic N) is 2. The predicted molar refractivity (Wildman–Crippen MR) is 98.3 cm³/mol. The van der Waals surface area contributed by atoms with E-state index in [-0.39, 0.29) is 24.4 Å².